The lowest BCUT2D eigenvalue weighted by Crippen LogP contribution is -2.33. The molecule has 0 radical (unpaired) electrons. The number of hydrogen-bond donors (Lipinski definition) is 0. The first-order valence-electron chi connectivity index (χ1n) is 8.21. The Morgan fingerprint density at radius 1 is 1.38 bits per heavy atom. The number of nitrogens with zero attached hydrogens (tertiary/aromatic N) is 4. The number of rotatable bonds is 6. The number of methoxy groups -OCH3 is 2. The minimum atomic E-state index is -0.534. The molecule has 1 amide bonds. The average Bonchev–Trinajstić information content (AvgIpc) is 3.30. The monoisotopic (exact) mass is 360 g/mol. The summed E-state index contributed by atoms with van der Waals surface area (Å²) in [4.78, 5) is 24.7. The van der Waals surface area contributed by atoms with Crippen molar-refractivity contribution in [2.45, 2.75) is 25.4 Å². The molecule has 0 spiro atoms. The van der Waals surface area contributed by atoms with Gasteiger partial charge in [0.15, 0.2) is 0 Å². The molecule has 26 heavy (non-hydrogen) atoms. The van der Waals surface area contributed by atoms with E-state index in [0.29, 0.717) is 18.0 Å². The molecule has 0 N–H and O–H groups in total. The molecule has 0 bridgehead atoms. The maximum atomic E-state index is 12.8. The molecule has 9 heteroatoms. The molecule has 9 nitrogen and oxygen atoms in total. The van der Waals surface area contributed by atoms with Crippen LogP contribution >= 0.6 is 0 Å². The van der Waals surface area contributed by atoms with Crippen LogP contribution in [-0.4, -0.2) is 46.3 Å². The van der Waals surface area contributed by atoms with Crippen LogP contribution in [0.2, 0.25) is 0 Å². The van der Waals surface area contributed by atoms with Crippen LogP contribution in [0.4, 0.5) is 5.69 Å². The zero-order valence-corrected chi connectivity index (χ0v) is 14.6. The van der Waals surface area contributed by atoms with Crippen LogP contribution in [0.15, 0.2) is 30.6 Å². The van der Waals surface area contributed by atoms with Crippen LogP contribution in [0, 0.1) is 10.1 Å². The Bertz CT molecular complexity index is 819. The van der Waals surface area contributed by atoms with Gasteiger partial charge in [-0.1, -0.05) is 0 Å². The maximum absolute atomic E-state index is 12.8. The van der Waals surface area contributed by atoms with E-state index in [1.165, 1.54) is 10.9 Å². The summed E-state index contributed by atoms with van der Waals surface area (Å²) in [5.41, 5.74) is 0.759. The lowest BCUT2D eigenvalue weighted by atomic mass is 10.0. The van der Waals surface area contributed by atoms with Crippen molar-refractivity contribution in [1.82, 2.24) is 14.7 Å². The number of aromatic nitrogens is 2. The molecule has 0 unspecified atom stereocenters. The van der Waals surface area contributed by atoms with Gasteiger partial charge in [0.2, 0.25) is 5.91 Å². The van der Waals surface area contributed by atoms with Crippen LogP contribution in [0.3, 0.4) is 0 Å². The van der Waals surface area contributed by atoms with Crippen molar-refractivity contribution in [1.29, 1.82) is 0 Å². The van der Waals surface area contributed by atoms with Gasteiger partial charge < -0.3 is 14.4 Å². The summed E-state index contributed by atoms with van der Waals surface area (Å²) in [5.74, 6) is 1.25. The zero-order chi connectivity index (χ0) is 18.7. The highest BCUT2D eigenvalue weighted by Gasteiger charge is 2.32. The fourth-order valence-electron chi connectivity index (χ4n) is 3.25. The van der Waals surface area contributed by atoms with Gasteiger partial charge in [-0.2, -0.15) is 5.10 Å². The molecular weight excluding hydrogens is 340 g/mol. The van der Waals surface area contributed by atoms with Crippen LogP contribution < -0.4 is 9.47 Å². The van der Waals surface area contributed by atoms with Gasteiger partial charge in [-0.25, -0.2) is 0 Å². The fraction of sp³-hybridized carbons (Fsp3) is 0.412. The van der Waals surface area contributed by atoms with E-state index in [1.807, 2.05) is 18.2 Å². The lowest BCUT2D eigenvalue weighted by Gasteiger charge is -2.26. The molecule has 2 heterocycles. The van der Waals surface area contributed by atoms with E-state index in [1.54, 1.807) is 19.1 Å². The van der Waals surface area contributed by atoms with Gasteiger partial charge in [-0.05, 0) is 31.0 Å². The van der Waals surface area contributed by atoms with E-state index >= 15 is 0 Å². The first-order valence-corrected chi connectivity index (χ1v) is 8.21. The largest absolute Gasteiger partial charge is 0.497 e. The number of carbonyl (C=O) groups excluding carboxylic acids is 1. The maximum Gasteiger partial charge on any atom is 0.307 e. The molecule has 138 valence electrons. The number of benzene rings is 1. The summed E-state index contributed by atoms with van der Waals surface area (Å²) in [6, 6.07) is 5.39. The number of nitro groups is 1. The van der Waals surface area contributed by atoms with Crippen molar-refractivity contribution in [3.63, 3.8) is 0 Å². The van der Waals surface area contributed by atoms with E-state index in [0.717, 1.165) is 24.6 Å². The molecule has 1 aromatic carbocycles. The molecular formula is C17H20N4O5. The topological polar surface area (TPSA) is 99.7 Å². The molecule has 1 aromatic heterocycles. The number of amides is 1. The van der Waals surface area contributed by atoms with Gasteiger partial charge >= 0.3 is 5.69 Å². The Hall–Kier alpha value is -3.10. The number of carbonyl (C=O) groups is 1. The third-order valence-electron chi connectivity index (χ3n) is 4.50. The van der Waals surface area contributed by atoms with Crippen molar-refractivity contribution >= 4 is 11.6 Å². The summed E-state index contributed by atoms with van der Waals surface area (Å²) in [6.45, 7) is 0.573. The van der Waals surface area contributed by atoms with Crippen molar-refractivity contribution in [3.05, 3.63) is 46.3 Å². The first-order chi connectivity index (χ1) is 12.5. The normalized spacial score (nSPS) is 16.5. The second-order valence-corrected chi connectivity index (χ2v) is 6.01. The third kappa shape index (κ3) is 3.46. The van der Waals surface area contributed by atoms with Gasteiger partial charge in [0.1, 0.15) is 30.4 Å². The van der Waals surface area contributed by atoms with E-state index < -0.39 is 4.92 Å². The Kier molecular flexibility index (Phi) is 5.06. The summed E-state index contributed by atoms with van der Waals surface area (Å²) in [5, 5.41) is 14.6. The average molecular weight is 360 g/mol. The van der Waals surface area contributed by atoms with Gasteiger partial charge in [-0.15, -0.1) is 0 Å². The second-order valence-electron chi connectivity index (χ2n) is 6.01. The Labute approximate surface area is 150 Å². The molecule has 0 aliphatic carbocycles. The minimum Gasteiger partial charge on any atom is -0.497 e. The summed E-state index contributed by atoms with van der Waals surface area (Å²) in [6.07, 6.45) is 4.08. The quantitative estimate of drug-likeness (QED) is 0.578. The molecule has 3 rings (SSSR count). The van der Waals surface area contributed by atoms with Crippen LogP contribution in [0.1, 0.15) is 24.4 Å². The molecule has 1 atom stereocenters. The van der Waals surface area contributed by atoms with E-state index in [2.05, 4.69) is 5.10 Å². The smallest absolute Gasteiger partial charge is 0.307 e. The lowest BCUT2D eigenvalue weighted by molar-refractivity contribution is -0.385. The van der Waals surface area contributed by atoms with Crippen molar-refractivity contribution in [2.75, 3.05) is 20.8 Å². The molecule has 1 saturated heterocycles. The second kappa shape index (κ2) is 7.42. The van der Waals surface area contributed by atoms with E-state index in [-0.39, 0.29) is 24.2 Å². The Morgan fingerprint density at radius 3 is 2.85 bits per heavy atom. The fourth-order valence-corrected chi connectivity index (χ4v) is 3.25. The Morgan fingerprint density at radius 2 is 2.19 bits per heavy atom. The predicted molar refractivity (Wildman–Crippen MR) is 92.1 cm³/mol. The number of hydrogen-bond acceptors (Lipinski definition) is 6. The molecule has 0 saturated carbocycles. The van der Waals surface area contributed by atoms with E-state index in [4.69, 9.17) is 9.47 Å². The van der Waals surface area contributed by atoms with Crippen LogP contribution in [0.25, 0.3) is 0 Å². The number of ether oxygens (including phenoxy) is 2. The van der Waals surface area contributed by atoms with Crippen molar-refractivity contribution in [2.24, 2.45) is 0 Å². The SMILES string of the molecule is COc1ccc(OC)c([C@@H]2CCCN2C(=O)Cn2cc([N+](=O)[O-])cn2)c1. The minimum absolute atomic E-state index is 0.0450. The van der Waals surface area contributed by atoms with Gasteiger partial charge in [0, 0.05) is 12.1 Å². The highest BCUT2D eigenvalue weighted by Crippen LogP contribution is 2.39. The van der Waals surface area contributed by atoms with Crippen molar-refractivity contribution < 1.29 is 19.2 Å². The molecule has 1 aliphatic heterocycles. The molecule has 1 fully saturated rings. The highest BCUT2D eigenvalue weighted by molar-refractivity contribution is 5.77. The number of likely N-dealkylation sites (tertiary alicyclic amines) is 1. The highest BCUT2D eigenvalue weighted by atomic mass is 16.6. The summed E-state index contributed by atoms with van der Waals surface area (Å²) >= 11 is 0. The summed E-state index contributed by atoms with van der Waals surface area (Å²) in [7, 11) is 3.18. The van der Waals surface area contributed by atoms with E-state index in [9.17, 15) is 14.9 Å². The van der Waals surface area contributed by atoms with Crippen LogP contribution in [0.5, 0.6) is 11.5 Å². The third-order valence-corrected chi connectivity index (χ3v) is 4.50. The molecule has 2 aromatic rings. The Balaban J connectivity index is 1.81. The zero-order valence-electron chi connectivity index (χ0n) is 14.6. The molecule has 1 aliphatic rings. The van der Waals surface area contributed by atoms with Gasteiger partial charge in [0.25, 0.3) is 0 Å². The van der Waals surface area contributed by atoms with Crippen molar-refractivity contribution in [3.8, 4) is 11.5 Å². The first kappa shape index (κ1) is 17.7. The van der Waals surface area contributed by atoms with Gasteiger partial charge in [-0.3, -0.25) is 19.6 Å². The van der Waals surface area contributed by atoms with Gasteiger partial charge in [0.05, 0.1) is 25.2 Å². The predicted octanol–water partition coefficient (Wildman–Crippen LogP) is 2.17. The van der Waals surface area contributed by atoms with Crippen LogP contribution in [-0.2, 0) is 11.3 Å². The summed E-state index contributed by atoms with van der Waals surface area (Å²) < 4.78 is 12.0. The standard InChI is InChI=1S/C17H20N4O5/c1-25-13-5-6-16(26-2)14(8-13)15-4-3-7-20(15)17(22)11-19-10-12(9-18-19)21(23)24/h5-6,8-10,15H,3-4,7,11H2,1-2H3/t15-/m0/s1.